The quantitative estimate of drug-likeness (QED) is 0.616. The molecule has 5 nitrogen and oxygen atoms in total. The van der Waals surface area contributed by atoms with Crippen molar-refractivity contribution in [1.82, 2.24) is 0 Å². The Bertz CT molecular complexity index is 517. The van der Waals surface area contributed by atoms with Crippen LogP contribution >= 0.6 is 0 Å². The zero-order valence-corrected chi connectivity index (χ0v) is 10.9. The van der Waals surface area contributed by atoms with Crippen molar-refractivity contribution in [2.45, 2.75) is 6.61 Å². The summed E-state index contributed by atoms with van der Waals surface area (Å²) in [6, 6.07) is 4.02. The molecule has 108 valence electrons. The second-order valence-corrected chi connectivity index (χ2v) is 3.62. The van der Waals surface area contributed by atoms with E-state index >= 15 is 0 Å². The van der Waals surface area contributed by atoms with Gasteiger partial charge in [-0.1, -0.05) is 0 Å². The maximum absolute atomic E-state index is 12.2. The smallest absolute Gasteiger partial charge is 0.413 e. The predicted octanol–water partition coefficient (Wildman–Crippen LogP) is 2.70. The van der Waals surface area contributed by atoms with Crippen LogP contribution in [0.15, 0.2) is 24.3 Å². The SMILES string of the molecule is COC(=O)N(C)c1cc(OC(F)F)ccc1C=CC=O. The van der Waals surface area contributed by atoms with Gasteiger partial charge in [0.25, 0.3) is 0 Å². The third-order valence-electron chi connectivity index (χ3n) is 2.39. The van der Waals surface area contributed by atoms with E-state index in [1.54, 1.807) is 0 Å². The van der Waals surface area contributed by atoms with Crippen LogP contribution in [0.4, 0.5) is 19.3 Å². The molecule has 0 N–H and O–H groups in total. The molecule has 0 saturated carbocycles. The molecule has 0 aliphatic rings. The molecule has 0 heterocycles. The number of anilines is 1. The first-order valence-electron chi connectivity index (χ1n) is 5.52. The molecule has 1 amide bonds. The van der Waals surface area contributed by atoms with Crippen molar-refractivity contribution >= 4 is 24.1 Å². The van der Waals surface area contributed by atoms with Crippen LogP contribution in [-0.4, -0.2) is 33.1 Å². The number of allylic oxidation sites excluding steroid dienone is 1. The molecular weight excluding hydrogens is 272 g/mol. The van der Waals surface area contributed by atoms with Crippen molar-refractivity contribution in [3.63, 3.8) is 0 Å². The zero-order valence-electron chi connectivity index (χ0n) is 10.9. The molecule has 0 spiro atoms. The van der Waals surface area contributed by atoms with Gasteiger partial charge in [0.2, 0.25) is 0 Å². The fourth-order valence-electron chi connectivity index (χ4n) is 1.51. The Kier molecular flexibility index (Phi) is 5.64. The van der Waals surface area contributed by atoms with E-state index in [1.807, 2.05) is 0 Å². The summed E-state index contributed by atoms with van der Waals surface area (Å²) in [5, 5.41) is 0. The minimum atomic E-state index is -2.97. The molecule has 1 rings (SSSR count). The minimum absolute atomic E-state index is 0.103. The Hall–Kier alpha value is -2.44. The lowest BCUT2D eigenvalue weighted by Gasteiger charge is -2.19. The molecule has 1 aromatic rings. The summed E-state index contributed by atoms with van der Waals surface area (Å²) in [6.07, 6.45) is 2.54. The summed E-state index contributed by atoms with van der Waals surface area (Å²) in [6.45, 7) is -2.97. The predicted molar refractivity (Wildman–Crippen MR) is 69.0 cm³/mol. The summed E-state index contributed by atoms with van der Waals surface area (Å²) in [5.41, 5.74) is 0.750. The van der Waals surface area contributed by atoms with Gasteiger partial charge in [0.1, 0.15) is 12.0 Å². The normalized spacial score (nSPS) is 10.7. The van der Waals surface area contributed by atoms with Gasteiger partial charge in [-0.3, -0.25) is 9.69 Å². The molecular formula is C13H13F2NO4. The van der Waals surface area contributed by atoms with Crippen molar-refractivity contribution in [1.29, 1.82) is 0 Å². The van der Waals surface area contributed by atoms with Gasteiger partial charge in [0.15, 0.2) is 0 Å². The number of halogens is 2. The monoisotopic (exact) mass is 285 g/mol. The third kappa shape index (κ3) is 4.04. The zero-order chi connectivity index (χ0) is 15.1. The van der Waals surface area contributed by atoms with Crippen molar-refractivity contribution in [2.24, 2.45) is 0 Å². The van der Waals surface area contributed by atoms with E-state index in [2.05, 4.69) is 9.47 Å². The summed E-state index contributed by atoms with van der Waals surface area (Å²) in [4.78, 5) is 23.0. The molecule has 0 aliphatic carbocycles. The molecule has 0 bridgehead atoms. The first kappa shape index (κ1) is 15.6. The lowest BCUT2D eigenvalue weighted by atomic mass is 10.1. The van der Waals surface area contributed by atoms with Gasteiger partial charge in [-0.05, 0) is 29.8 Å². The lowest BCUT2D eigenvalue weighted by molar-refractivity contribution is -0.104. The van der Waals surface area contributed by atoms with Crippen LogP contribution in [0.25, 0.3) is 6.08 Å². The highest BCUT2D eigenvalue weighted by Gasteiger charge is 2.16. The van der Waals surface area contributed by atoms with Crippen molar-refractivity contribution in [3.8, 4) is 5.75 Å². The molecule has 0 fully saturated rings. The Morgan fingerprint density at radius 1 is 1.40 bits per heavy atom. The van der Waals surface area contributed by atoms with E-state index in [-0.39, 0.29) is 11.4 Å². The summed E-state index contributed by atoms with van der Waals surface area (Å²) < 4.78 is 33.2. The van der Waals surface area contributed by atoms with Gasteiger partial charge in [-0.25, -0.2) is 4.79 Å². The summed E-state index contributed by atoms with van der Waals surface area (Å²) in [5.74, 6) is -0.103. The second-order valence-electron chi connectivity index (χ2n) is 3.62. The number of methoxy groups -OCH3 is 1. The fraction of sp³-hybridized carbons (Fsp3) is 0.231. The second kappa shape index (κ2) is 7.22. The number of rotatable bonds is 5. The minimum Gasteiger partial charge on any atom is -0.452 e. The fourth-order valence-corrected chi connectivity index (χ4v) is 1.51. The number of nitrogens with zero attached hydrogens (tertiary/aromatic N) is 1. The number of benzene rings is 1. The maximum Gasteiger partial charge on any atom is 0.413 e. The highest BCUT2D eigenvalue weighted by Crippen LogP contribution is 2.28. The van der Waals surface area contributed by atoms with Crippen LogP contribution in [0.5, 0.6) is 5.75 Å². The van der Waals surface area contributed by atoms with Crippen LogP contribution in [0.2, 0.25) is 0 Å². The Morgan fingerprint density at radius 2 is 2.10 bits per heavy atom. The number of aldehydes is 1. The summed E-state index contributed by atoms with van der Waals surface area (Å²) in [7, 11) is 2.60. The maximum atomic E-state index is 12.2. The van der Waals surface area contributed by atoms with E-state index in [9.17, 15) is 18.4 Å². The number of hydrogen-bond donors (Lipinski definition) is 0. The first-order valence-corrected chi connectivity index (χ1v) is 5.52. The average Bonchev–Trinajstić information content (AvgIpc) is 2.43. The Labute approximate surface area is 114 Å². The van der Waals surface area contributed by atoms with Gasteiger partial charge < -0.3 is 9.47 Å². The van der Waals surface area contributed by atoms with Gasteiger partial charge in [-0.2, -0.15) is 8.78 Å². The Morgan fingerprint density at radius 3 is 2.65 bits per heavy atom. The van der Waals surface area contributed by atoms with Gasteiger partial charge in [0.05, 0.1) is 12.8 Å². The van der Waals surface area contributed by atoms with E-state index < -0.39 is 12.7 Å². The number of hydrogen-bond acceptors (Lipinski definition) is 4. The van der Waals surface area contributed by atoms with E-state index in [0.717, 1.165) is 4.90 Å². The number of carbonyl (C=O) groups excluding carboxylic acids is 2. The van der Waals surface area contributed by atoms with Crippen molar-refractivity contribution in [2.75, 3.05) is 19.1 Å². The highest BCUT2D eigenvalue weighted by atomic mass is 19.3. The van der Waals surface area contributed by atoms with Crippen molar-refractivity contribution in [3.05, 3.63) is 29.8 Å². The van der Waals surface area contributed by atoms with Crippen LogP contribution in [0.3, 0.4) is 0 Å². The molecule has 0 saturated heterocycles. The summed E-state index contributed by atoms with van der Waals surface area (Å²) >= 11 is 0. The molecule has 0 aromatic heterocycles. The number of carbonyl (C=O) groups is 2. The molecule has 1 aromatic carbocycles. The van der Waals surface area contributed by atoms with Crippen molar-refractivity contribution < 1.29 is 27.8 Å². The molecule has 0 aliphatic heterocycles. The van der Waals surface area contributed by atoms with Crippen LogP contribution in [-0.2, 0) is 9.53 Å². The van der Waals surface area contributed by atoms with E-state index in [0.29, 0.717) is 11.8 Å². The van der Waals surface area contributed by atoms with E-state index in [4.69, 9.17) is 0 Å². The van der Waals surface area contributed by atoms with Gasteiger partial charge in [0, 0.05) is 13.1 Å². The largest absolute Gasteiger partial charge is 0.452 e. The number of amides is 1. The van der Waals surface area contributed by atoms with Gasteiger partial charge in [-0.15, -0.1) is 0 Å². The Balaban J connectivity index is 3.21. The number of ether oxygens (including phenoxy) is 2. The molecule has 7 heteroatoms. The molecule has 0 unspecified atom stereocenters. The van der Waals surface area contributed by atoms with Gasteiger partial charge >= 0.3 is 12.7 Å². The molecule has 0 atom stereocenters. The topological polar surface area (TPSA) is 55.8 Å². The lowest BCUT2D eigenvalue weighted by Crippen LogP contribution is -2.26. The highest BCUT2D eigenvalue weighted by molar-refractivity contribution is 5.91. The molecule has 20 heavy (non-hydrogen) atoms. The number of alkyl halides is 2. The van der Waals surface area contributed by atoms with Crippen LogP contribution in [0, 0.1) is 0 Å². The van der Waals surface area contributed by atoms with E-state index in [1.165, 1.54) is 44.5 Å². The first-order chi connectivity index (χ1) is 9.49. The van der Waals surface area contributed by atoms with Crippen LogP contribution in [0.1, 0.15) is 5.56 Å². The molecule has 0 radical (unpaired) electrons. The van der Waals surface area contributed by atoms with Crippen LogP contribution < -0.4 is 9.64 Å². The standard InChI is InChI=1S/C13H13F2NO4/c1-16(13(18)19-2)11-8-10(20-12(14)15)6-5-9(11)4-3-7-17/h3-8,12H,1-2H3. The average molecular weight is 285 g/mol. The third-order valence-corrected chi connectivity index (χ3v) is 2.39.